The summed E-state index contributed by atoms with van der Waals surface area (Å²) in [4.78, 5) is 0. The average molecular weight is 318 g/mol. The van der Waals surface area contributed by atoms with E-state index in [0.29, 0.717) is 11.5 Å². The molecule has 2 aromatic carbocycles. The lowest BCUT2D eigenvalue weighted by Crippen LogP contribution is -1.99. The summed E-state index contributed by atoms with van der Waals surface area (Å²) in [6.45, 7) is 4.01. The maximum Gasteiger partial charge on any atom is 0.455 e. The van der Waals surface area contributed by atoms with Crippen molar-refractivity contribution in [2.45, 2.75) is 21.3 Å². The molecule has 0 aliphatic rings. The second-order valence-electron chi connectivity index (χ2n) is 4.93. The molecule has 0 spiro atoms. The van der Waals surface area contributed by atoms with E-state index in [1.54, 1.807) is 24.3 Å². The number of benzene rings is 2. The first-order valence-corrected chi connectivity index (χ1v) is 8.47. The van der Waals surface area contributed by atoms with Crippen LogP contribution in [0.5, 0.6) is 11.5 Å². The highest BCUT2D eigenvalue weighted by Crippen LogP contribution is 2.50. The Balaban J connectivity index is 0.00000242. The van der Waals surface area contributed by atoms with Crippen LogP contribution < -0.4 is 9.05 Å². The zero-order valence-electron chi connectivity index (χ0n) is 12.2. The molecule has 3 nitrogen and oxygen atoms in total. The highest BCUT2D eigenvalue weighted by molar-refractivity contribution is 7.58. The molecule has 0 aromatic heterocycles. The molecule has 0 aliphatic carbocycles. The monoisotopic (exact) mass is 318 g/mol. The second kappa shape index (κ2) is 8.45. The maximum atomic E-state index is 12.9. The SMILES string of the molecule is C.CC(C)C=CP(=O)(Oc1ccccc1)Oc1ccccc1. The fourth-order valence-corrected chi connectivity index (χ4v) is 3.16. The zero-order chi connectivity index (χ0) is 15.1. The summed E-state index contributed by atoms with van der Waals surface area (Å²) in [5.74, 6) is 2.82. The Morgan fingerprint density at radius 3 is 1.64 bits per heavy atom. The van der Waals surface area contributed by atoms with E-state index in [1.165, 1.54) is 5.82 Å². The molecule has 0 N–H and O–H groups in total. The predicted molar refractivity (Wildman–Crippen MR) is 92.5 cm³/mol. The van der Waals surface area contributed by atoms with E-state index in [0.717, 1.165) is 0 Å². The lowest BCUT2D eigenvalue weighted by molar-refractivity contribution is 0.398. The van der Waals surface area contributed by atoms with Crippen LogP contribution in [0.15, 0.2) is 72.6 Å². The van der Waals surface area contributed by atoms with Gasteiger partial charge in [0.15, 0.2) is 0 Å². The third-order valence-corrected chi connectivity index (χ3v) is 4.07. The van der Waals surface area contributed by atoms with E-state index in [-0.39, 0.29) is 13.3 Å². The summed E-state index contributed by atoms with van der Waals surface area (Å²) < 4.78 is 24.1. The minimum absolute atomic E-state index is 0. The van der Waals surface area contributed by atoms with Crippen molar-refractivity contribution in [3.63, 3.8) is 0 Å². The fourth-order valence-electron chi connectivity index (χ4n) is 1.61. The first kappa shape index (κ1) is 18.1. The van der Waals surface area contributed by atoms with E-state index in [2.05, 4.69) is 0 Å². The lowest BCUT2D eigenvalue weighted by atomic mass is 10.2. The van der Waals surface area contributed by atoms with E-state index in [4.69, 9.17) is 9.05 Å². The predicted octanol–water partition coefficient (Wildman–Crippen LogP) is 6.14. The lowest BCUT2D eigenvalue weighted by Gasteiger charge is -2.17. The molecule has 0 saturated carbocycles. The molecule has 2 rings (SSSR count). The minimum atomic E-state index is -3.40. The first-order valence-electron chi connectivity index (χ1n) is 6.86. The van der Waals surface area contributed by atoms with Crippen molar-refractivity contribution in [1.29, 1.82) is 0 Å². The van der Waals surface area contributed by atoms with E-state index >= 15 is 0 Å². The Hall–Kier alpha value is -1.99. The minimum Gasteiger partial charge on any atom is -0.413 e. The van der Waals surface area contributed by atoms with Crippen molar-refractivity contribution >= 4 is 7.60 Å². The molecule has 0 amide bonds. The summed E-state index contributed by atoms with van der Waals surface area (Å²) in [7, 11) is -3.40. The summed E-state index contributed by atoms with van der Waals surface area (Å²) in [6, 6.07) is 18.1. The molecule has 0 radical (unpaired) electrons. The van der Waals surface area contributed by atoms with Crippen molar-refractivity contribution in [2.75, 3.05) is 0 Å². The standard InChI is InChI=1S/C17H19O3P.CH4/c1-15(2)13-14-21(18,19-16-9-5-3-6-10-16)20-17-11-7-4-8-12-17;/h3-15H,1-2H3;1H4. The molecular weight excluding hydrogens is 295 g/mol. The molecule has 0 saturated heterocycles. The van der Waals surface area contributed by atoms with Gasteiger partial charge in [0.2, 0.25) is 0 Å². The van der Waals surface area contributed by atoms with Gasteiger partial charge in [-0.15, -0.1) is 0 Å². The third kappa shape index (κ3) is 5.79. The van der Waals surface area contributed by atoms with Gasteiger partial charge in [-0.3, -0.25) is 0 Å². The van der Waals surface area contributed by atoms with Gasteiger partial charge in [0.05, 0.1) is 0 Å². The van der Waals surface area contributed by atoms with Crippen molar-refractivity contribution in [3.8, 4) is 11.5 Å². The normalized spacial score (nSPS) is 11.2. The molecule has 0 bridgehead atoms. The molecule has 22 heavy (non-hydrogen) atoms. The molecule has 4 heteroatoms. The zero-order valence-corrected chi connectivity index (χ0v) is 13.1. The van der Waals surface area contributed by atoms with Crippen LogP contribution in [0.4, 0.5) is 0 Å². The summed E-state index contributed by atoms with van der Waals surface area (Å²) in [5, 5.41) is 0. The third-order valence-electron chi connectivity index (χ3n) is 2.61. The van der Waals surface area contributed by atoms with Crippen molar-refractivity contribution in [2.24, 2.45) is 5.92 Å². The summed E-state index contributed by atoms with van der Waals surface area (Å²) in [5.41, 5.74) is 0. The quantitative estimate of drug-likeness (QED) is 0.600. The highest BCUT2D eigenvalue weighted by Gasteiger charge is 2.24. The fraction of sp³-hybridized carbons (Fsp3) is 0.222. The second-order valence-corrected chi connectivity index (χ2v) is 6.68. The van der Waals surface area contributed by atoms with Gasteiger partial charge in [-0.2, -0.15) is 0 Å². The number of rotatable bonds is 6. The number of hydrogen-bond acceptors (Lipinski definition) is 3. The Morgan fingerprint density at radius 2 is 1.27 bits per heavy atom. The van der Waals surface area contributed by atoms with Crippen LogP contribution in [0.25, 0.3) is 0 Å². The first-order chi connectivity index (χ1) is 10.1. The molecule has 2 aromatic rings. The average Bonchev–Trinajstić information content (AvgIpc) is 2.47. The number of allylic oxidation sites excluding steroid dienone is 1. The number of hydrogen-bond donors (Lipinski definition) is 0. The molecule has 0 unspecified atom stereocenters. The molecule has 0 atom stereocenters. The van der Waals surface area contributed by atoms with Crippen molar-refractivity contribution in [3.05, 3.63) is 72.6 Å². The Kier molecular flexibility index (Phi) is 6.94. The smallest absolute Gasteiger partial charge is 0.413 e. The maximum absolute atomic E-state index is 12.9. The van der Waals surface area contributed by atoms with Crippen LogP contribution in [-0.4, -0.2) is 0 Å². The van der Waals surface area contributed by atoms with Crippen LogP contribution in [0, 0.1) is 5.92 Å². The number of para-hydroxylation sites is 2. The largest absolute Gasteiger partial charge is 0.455 e. The molecule has 0 fully saturated rings. The van der Waals surface area contributed by atoms with Gasteiger partial charge in [-0.05, 0) is 30.2 Å². The van der Waals surface area contributed by atoms with Gasteiger partial charge in [-0.1, -0.05) is 63.7 Å². The Bertz CT molecular complexity index is 576. The van der Waals surface area contributed by atoms with Gasteiger partial charge in [0.1, 0.15) is 11.5 Å². The van der Waals surface area contributed by atoms with Crippen LogP contribution >= 0.6 is 7.60 Å². The van der Waals surface area contributed by atoms with Crippen molar-refractivity contribution in [1.82, 2.24) is 0 Å². The van der Waals surface area contributed by atoms with E-state index < -0.39 is 7.60 Å². The van der Waals surface area contributed by atoms with Crippen LogP contribution in [0.2, 0.25) is 0 Å². The molecule has 118 valence electrons. The van der Waals surface area contributed by atoms with E-state index in [9.17, 15) is 4.57 Å². The molecule has 0 heterocycles. The van der Waals surface area contributed by atoms with E-state index in [1.807, 2.05) is 56.3 Å². The van der Waals surface area contributed by atoms with Gasteiger partial charge in [0, 0.05) is 5.82 Å². The Morgan fingerprint density at radius 1 is 0.864 bits per heavy atom. The topological polar surface area (TPSA) is 35.5 Å². The van der Waals surface area contributed by atoms with Crippen LogP contribution in [0.3, 0.4) is 0 Å². The molecule has 0 aliphatic heterocycles. The highest BCUT2D eigenvalue weighted by atomic mass is 31.2. The Labute approximate surface area is 133 Å². The van der Waals surface area contributed by atoms with Gasteiger partial charge >= 0.3 is 7.60 Å². The van der Waals surface area contributed by atoms with Crippen molar-refractivity contribution < 1.29 is 13.6 Å². The van der Waals surface area contributed by atoms with Crippen LogP contribution in [0.1, 0.15) is 21.3 Å². The molecular formula is C18H23O3P. The summed E-state index contributed by atoms with van der Waals surface area (Å²) in [6.07, 6.45) is 1.83. The van der Waals surface area contributed by atoms with Gasteiger partial charge in [-0.25, -0.2) is 4.57 Å². The summed E-state index contributed by atoms with van der Waals surface area (Å²) >= 11 is 0. The van der Waals surface area contributed by atoms with Gasteiger partial charge in [0.25, 0.3) is 0 Å². The van der Waals surface area contributed by atoms with Gasteiger partial charge < -0.3 is 9.05 Å². The van der Waals surface area contributed by atoms with Crippen LogP contribution in [-0.2, 0) is 4.57 Å².